The molecule has 0 spiro atoms. The molecule has 0 unspecified atom stereocenters. The number of unbranched alkanes of at least 4 members (excludes halogenated alkanes) is 3. The molecule has 2 aromatic rings. The van der Waals surface area contributed by atoms with Gasteiger partial charge in [-0.25, -0.2) is 0 Å². The summed E-state index contributed by atoms with van der Waals surface area (Å²) < 4.78 is 10.3. The maximum Gasteiger partial charge on any atom is 0.311 e. The summed E-state index contributed by atoms with van der Waals surface area (Å²) >= 11 is 0. The molecular weight excluding hydrogens is 340 g/mol. The molecule has 0 radical (unpaired) electrons. The van der Waals surface area contributed by atoms with Crippen molar-refractivity contribution in [3.8, 4) is 5.75 Å². The number of carbonyl (C=O) groups is 2. The van der Waals surface area contributed by atoms with E-state index in [1.807, 2.05) is 30.3 Å². The van der Waals surface area contributed by atoms with Crippen LogP contribution in [0.5, 0.6) is 5.75 Å². The van der Waals surface area contributed by atoms with Crippen LogP contribution in [-0.2, 0) is 9.53 Å². The molecule has 0 atom stereocenters. The Bertz CT molecular complexity index is 733. The zero-order chi connectivity index (χ0) is 19.3. The van der Waals surface area contributed by atoms with E-state index >= 15 is 0 Å². The molecule has 2 rings (SSSR count). The quantitative estimate of drug-likeness (QED) is 0.183. The smallest absolute Gasteiger partial charge is 0.311 e. The van der Waals surface area contributed by atoms with Crippen molar-refractivity contribution in [1.82, 2.24) is 0 Å². The Morgan fingerprint density at radius 1 is 0.889 bits per heavy atom. The number of methoxy groups -OCH3 is 1. The lowest BCUT2D eigenvalue weighted by Gasteiger charge is -2.05. The third-order valence-electron chi connectivity index (χ3n) is 4.08. The van der Waals surface area contributed by atoms with Crippen LogP contribution < -0.4 is 4.74 Å². The first-order valence-corrected chi connectivity index (χ1v) is 9.26. The number of carbonyl (C=O) groups excluding carboxylic acids is 2. The lowest BCUT2D eigenvalue weighted by Crippen LogP contribution is -2.07. The monoisotopic (exact) mass is 366 g/mol. The minimum atomic E-state index is -0.218. The first kappa shape index (κ1) is 20.6. The molecule has 0 fully saturated rings. The molecule has 0 amide bonds. The Kier molecular flexibility index (Phi) is 9.01. The fourth-order valence-electron chi connectivity index (χ4n) is 2.57. The minimum Gasteiger partial charge on any atom is -0.427 e. The Labute approximate surface area is 160 Å². The number of ether oxygens (including phenoxy) is 2. The Morgan fingerprint density at radius 3 is 2.30 bits per heavy atom. The summed E-state index contributed by atoms with van der Waals surface area (Å²) in [6.45, 7) is 0.766. The first-order valence-electron chi connectivity index (χ1n) is 9.26. The number of allylic oxidation sites excluding steroid dienone is 1. The van der Waals surface area contributed by atoms with Gasteiger partial charge in [0.1, 0.15) is 5.75 Å². The van der Waals surface area contributed by atoms with Crippen LogP contribution in [0.2, 0.25) is 0 Å². The number of hydrogen-bond acceptors (Lipinski definition) is 4. The minimum absolute atomic E-state index is 0.0448. The van der Waals surface area contributed by atoms with Crippen LogP contribution in [0, 0.1) is 0 Å². The lowest BCUT2D eigenvalue weighted by atomic mass is 10.1. The van der Waals surface area contributed by atoms with Gasteiger partial charge < -0.3 is 9.47 Å². The second kappa shape index (κ2) is 11.8. The van der Waals surface area contributed by atoms with Crippen molar-refractivity contribution in [3.63, 3.8) is 0 Å². The highest BCUT2D eigenvalue weighted by molar-refractivity contribution is 6.06. The summed E-state index contributed by atoms with van der Waals surface area (Å²) in [5, 5.41) is 0. The van der Waals surface area contributed by atoms with Crippen LogP contribution in [-0.4, -0.2) is 25.5 Å². The predicted octanol–water partition coefficient (Wildman–Crippen LogP) is 5.09. The zero-order valence-electron chi connectivity index (χ0n) is 15.7. The molecule has 2 aromatic carbocycles. The SMILES string of the molecule is COCCCCCCC(=O)Oc1ccc(C=CC(=O)c2ccccc2)cc1. The molecule has 142 valence electrons. The van der Waals surface area contributed by atoms with Crippen LogP contribution >= 0.6 is 0 Å². The van der Waals surface area contributed by atoms with E-state index in [0.29, 0.717) is 17.7 Å². The summed E-state index contributed by atoms with van der Waals surface area (Å²) in [7, 11) is 1.69. The van der Waals surface area contributed by atoms with Gasteiger partial charge in [0, 0.05) is 25.7 Å². The largest absolute Gasteiger partial charge is 0.427 e. The van der Waals surface area contributed by atoms with Gasteiger partial charge in [0.05, 0.1) is 0 Å². The first-order chi connectivity index (χ1) is 13.2. The van der Waals surface area contributed by atoms with Gasteiger partial charge in [-0.2, -0.15) is 0 Å². The van der Waals surface area contributed by atoms with Crippen molar-refractivity contribution in [2.24, 2.45) is 0 Å². The molecule has 0 aliphatic carbocycles. The van der Waals surface area contributed by atoms with Crippen molar-refractivity contribution in [2.45, 2.75) is 32.1 Å². The second-order valence-corrected chi connectivity index (χ2v) is 6.26. The maximum absolute atomic E-state index is 12.1. The molecule has 4 nitrogen and oxygen atoms in total. The number of hydrogen-bond donors (Lipinski definition) is 0. The van der Waals surface area contributed by atoms with Crippen molar-refractivity contribution >= 4 is 17.8 Å². The molecule has 27 heavy (non-hydrogen) atoms. The second-order valence-electron chi connectivity index (χ2n) is 6.26. The Morgan fingerprint density at radius 2 is 1.59 bits per heavy atom. The van der Waals surface area contributed by atoms with E-state index in [9.17, 15) is 9.59 Å². The summed E-state index contributed by atoms with van der Waals surface area (Å²) in [5.74, 6) is 0.256. The number of esters is 1. The molecule has 0 N–H and O–H groups in total. The Hall–Kier alpha value is -2.72. The van der Waals surface area contributed by atoms with E-state index in [-0.39, 0.29) is 11.8 Å². The fourth-order valence-corrected chi connectivity index (χ4v) is 2.57. The topological polar surface area (TPSA) is 52.6 Å². The van der Waals surface area contributed by atoms with Crippen molar-refractivity contribution in [3.05, 3.63) is 71.8 Å². The molecule has 4 heteroatoms. The molecule has 0 aliphatic heterocycles. The summed E-state index contributed by atoms with van der Waals surface area (Å²) in [5.41, 5.74) is 1.53. The highest BCUT2D eigenvalue weighted by Crippen LogP contribution is 2.15. The van der Waals surface area contributed by atoms with E-state index in [0.717, 1.165) is 37.9 Å². The summed E-state index contributed by atoms with van der Waals surface area (Å²) in [4.78, 5) is 23.9. The van der Waals surface area contributed by atoms with Crippen LogP contribution in [0.3, 0.4) is 0 Å². The van der Waals surface area contributed by atoms with Gasteiger partial charge in [-0.15, -0.1) is 0 Å². The van der Waals surface area contributed by atoms with Crippen LogP contribution in [0.4, 0.5) is 0 Å². The van der Waals surface area contributed by atoms with Gasteiger partial charge in [0.2, 0.25) is 0 Å². The van der Waals surface area contributed by atoms with Crippen molar-refractivity contribution in [1.29, 1.82) is 0 Å². The van der Waals surface area contributed by atoms with Crippen LogP contribution in [0.1, 0.15) is 48.0 Å². The highest BCUT2D eigenvalue weighted by atomic mass is 16.5. The van der Waals surface area contributed by atoms with Gasteiger partial charge in [-0.3, -0.25) is 9.59 Å². The normalized spacial score (nSPS) is 10.9. The highest BCUT2D eigenvalue weighted by Gasteiger charge is 2.05. The summed E-state index contributed by atoms with van der Waals surface area (Å²) in [6, 6.07) is 16.2. The molecule has 0 aliphatic rings. The third-order valence-corrected chi connectivity index (χ3v) is 4.08. The molecule has 0 saturated carbocycles. The molecule has 0 aromatic heterocycles. The van der Waals surface area contributed by atoms with Crippen LogP contribution in [0.25, 0.3) is 6.08 Å². The van der Waals surface area contributed by atoms with Crippen molar-refractivity contribution in [2.75, 3.05) is 13.7 Å². The van der Waals surface area contributed by atoms with Crippen LogP contribution in [0.15, 0.2) is 60.7 Å². The van der Waals surface area contributed by atoms with E-state index in [4.69, 9.17) is 9.47 Å². The standard InChI is InChI=1S/C23H26O4/c1-26-18-8-3-2-7-11-23(25)27-21-15-12-19(13-16-21)14-17-22(24)20-9-5-4-6-10-20/h4-6,9-10,12-17H,2-3,7-8,11,18H2,1H3. The lowest BCUT2D eigenvalue weighted by molar-refractivity contribution is -0.134. The number of benzene rings is 2. The van der Waals surface area contributed by atoms with Gasteiger partial charge in [0.15, 0.2) is 5.78 Å². The average molecular weight is 366 g/mol. The molecular formula is C23H26O4. The van der Waals surface area contributed by atoms with Gasteiger partial charge >= 0.3 is 5.97 Å². The molecule has 0 saturated heterocycles. The van der Waals surface area contributed by atoms with Gasteiger partial charge in [-0.05, 0) is 36.6 Å². The third kappa shape index (κ3) is 8.01. The van der Waals surface area contributed by atoms with E-state index in [2.05, 4.69) is 0 Å². The predicted molar refractivity (Wildman–Crippen MR) is 107 cm³/mol. The number of rotatable bonds is 11. The Balaban J connectivity index is 1.75. The van der Waals surface area contributed by atoms with Crippen molar-refractivity contribution < 1.29 is 19.1 Å². The molecule has 0 bridgehead atoms. The van der Waals surface area contributed by atoms with E-state index < -0.39 is 0 Å². The maximum atomic E-state index is 12.1. The molecule has 0 heterocycles. The van der Waals surface area contributed by atoms with Gasteiger partial charge in [-0.1, -0.05) is 61.4 Å². The van der Waals surface area contributed by atoms with E-state index in [1.165, 1.54) is 0 Å². The van der Waals surface area contributed by atoms with E-state index in [1.54, 1.807) is 43.5 Å². The van der Waals surface area contributed by atoms with Gasteiger partial charge in [0.25, 0.3) is 0 Å². The fraction of sp³-hybridized carbons (Fsp3) is 0.304. The summed E-state index contributed by atoms with van der Waals surface area (Å²) in [6.07, 6.45) is 7.61. The number of ketones is 1. The zero-order valence-corrected chi connectivity index (χ0v) is 15.7. The average Bonchev–Trinajstić information content (AvgIpc) is 2.70.